The normalized spacial score (nSPS) is 11.9. The summed E-state index contributed by atoms with van der Waals surface area (Å²) in [4.78, 5) is 7.02. The standard InChI is InChI=1S/C22H15F5N2/c1-12-6-8-13(9-7-12)10-18-28-17-11-16(23)19(20(24)21(17)29-18)14-4-2-3-5-15(14)22(25,26)27/h2-9,11H,10H2,1H3,(H,28,29). The molecule has 0 aliphatic heterocycles. The Hall–Kier alpha value is -3.22. The zero-order valence-corrected chi connectivity index (χ0v) is 15.2. The van der Waals surface area contributed by atoms with Crippen molar-refractivity contribution in [1.29, 1.82) is 0 Å². The number of H-pyrrole nitrogens is 1. The summed E-state index contributed by atoms with van der Waals surface area (Å²) in [5, 5.41) is 0. The van der Waals surface area contributed by atoms with Gasteiger partial charge >= 0.3 is 6.18 Å². The molecule has 0 spiro atoms. The quantitative estimate of drug-likeness (QED) is 0.393. The summed E-state index contributed by atoms with van der Waals surface area (Å²) in [7, 11) is 0. The van der Waals surface area contributed by atoms with Gasteiger partial charge < -0.3 is 4.98 Å². The van der Waals surface area contributed by atoms with Crippen LogP contribution in [0.4, 0.5) is 22.0 Å². The molecular weight excluding hydrogens is 387 g/mol. The Morgan fingerprint density at radius 1 is 0.966 bits per heavy atom. The van der Waals surface area contributed by atoms with E-state index in [1.165, 1.54) is 12.1 Å². The van der Waals surface area contributed by atoms with E-state index in [1.807, 2.05) is 31.2 Å². The molecule has 0 saturated heterocycles. The van der Waals surface area contributed by atoms with Crippen molar-refractivity contribution in [2.24, 2.45) is 0 Å². The first-order chi connectivity index (χ1) is 13.7. The summed E-state index contributed by atoms with van der Waals surface area (Å²) in [5.41, 5.74) is -0.500. The Morgan fingerprint density at radius 2 is 1.66 bits per heavy atom. The highest BCUT2D eigenvalue weighted by Crippen LogP contribution is 2.40. The summed E-state index contributed by atoms with van der Waals surface area (Å²) in [6, 6.07) is 12.9. The van der Waals surface area contributed by atoms with Gasteiger partial charge in [-0.3, -0.25) is 0 Å². The number of aromatic nitrogens is 2. The number of halogens is 5. The van der Waals surface area contributed by atoms with Crippen molar-refractivity contribution in [1.82, 2.24) is 9.97 Å². The van der Waals surface area contributed by atoms with Crippen molar-refractivity contribution >= 4 is 11.0 Å². The van der Waals surface area contributed by atoms with Gasteiger partial charge in [0.1, 0.15) is 17.2 Å². The molecule has 0 saturated carbocycles. The number of rotatable bonds is 3. The predicted molar refractivity (Wildman–Crippen MR) is 100 cm³/mol. The summed E-state index contributed by atoms with van der Waals surface area (Å²) < 4.78 is 69.7. The number of aromatic amines is 1. The second kappa shape index (κ2) is 6.99. The molecule has 3 aromatic carbocycles. The van der Waals surface area contributed by atoms with Gasteiger partial charge in [0.25, 0.3) is 0 Å². The zero-order chi connectivity index (χ0) is 20.8. The Labute approximate surface area is 163 Å². The van der Waals surface area contributed by atoms with Crippen LogP contribution in [0.15, 0.2) is 54.6 Å². The van der Waals surface area contributed by atoms with Gasteiger partial charge in [-0.1, -0.05) is 48.0 Å². The number of hydrogen-bond acceptors (Lipinski definition) is 1. The highest BCUT2D eigenvalue weighted by Gasteiger charge is 2.35. The van der Waals surface area contributed by atoms with Gasteiger partial charge in [0.05, 0.1) is 16.6 Å². The molecule has 29 heavy (non-hydrogen) atoms. The number of aryl methyl sites for hydroxylation is 1. The third kappa shape index (κ3) is 3.60. The van der Waals surface area contributed by atoms with E-state index in [1.54, 1.807) is 0 Å². The van der Waals surface area contributed by atoms with Crippen molar-refractivity contribution in [3.05, 3.63) is 88.7 Å². The average molecular weight is 402 g/mol. The minimum Gasteiger partial charge on any atom is -0.342 e. The van der Waals surface area contributed by atoms with E-state index < -0.39 is 34.5 Å². The maximum atomic E-state index is 15.1. The molecule has 0 fully saturated rings. The number of hydrogen-bond donors (Lipinski definition) is 1. The molecule has 4 aromatic rings. The molecule has 0 aliphatic carbocycles. The van der Waals surface area contributed by atoms with Gasteiger partial charge in [0.15, 0.2) is 5.82 Å². The molecule has 0 radical (unpaired) electrons. The molecule has 0 bridgehead atoms. The van der Waals surface area contributed by atoms with Crippen LogP contribution >= 0.6 is 0 Å². The molecule has 2 nitrogen and oxygen atoms in total. The first-order valence-electron chi connectivity index (χ1n) is 8.83. The highest BCUT2D eigenvalue weighted by atomic mass is 19.4. The third-order valence-electron chi connectivity index (χ3n) is 4.71. The fourth-order valence-corrected chi connectivity index (χ4v) is 3.31. The van der Waals surface area contributed by atoms with Gasteiger partial charge in [-0.15, -0.1) is 0 Å². The number of nitrogens with zero attached hydrogens (tertiary/aromatic N) is 1. The first-order valence-corrected chi connectivity index (χ1v) is 8.83. The maximum Gasteiger partial charge on any atom is 0.417 e. The van der Waals surface area contributed by atoms with E-state index in [4.69, 9.17) is 0 Å². The van der Waals surface area contributed by atoms with E-state index in [0.29, 0.717) is 12.2 Å². The predicted octanol–water partition coefficient (Wildman–Crippen LogP) is 6.43. The smallest absolute Gasteiger partial charge is 0.342 e. The molecule has 148 valence electrons. The summed E-state index contributed by atoms with van der Waals surface area (Å²) in [5.74, 6) is -1.82. The van der Waals surface area contributed by atoms with Gasteiger partial charge in [-0.05, 0) is 24.1 Å². The van der Waals surface area contributed by atoms with Crippen LogP contribution in [0, 0.1) is 18.6 Å². The summed E-state index contributed by atoms with van der Waals surface area (Å²) >= 11 is 0. The van der Waals surface area contributed by atoms with Crippen LogP contribution in [0.2, 0.25) is 0 Å². The molecule has 1 heterocycles. The number of nitrogens with one attached hydrogen (secondary N) is 1. The van der Waals surface area contributed by atoms with Crippen LogP contribution in [0.1, 0.15) is 22.5 Å². The lowest BCUT2D eigenvalue weighted by Crippen LogP contribution is -2.08. The van der Waals surface area contributed by atoms with Crippen LogP contribution in [-0.2, 0) is 12.6 Å². The number of fused-ring (bicyclic) bond motifs is 1. The summed E-state index contributed by atoms with van der Waals surface area (Å²) in [6.07, 6.45) is -4.39. The summed E-state index contributed by atoms with van der Waals surface area (Å²) in [6.45, 7) is 1.95. The second-order valence-corrected chi connectivity index (χ2v) is 6.83. The Kier molecular flexibility index (Phi) is 4.61. The van der Waals surface area contributed by atoms with Crippen molar-refractivity contribution in [3.63, 3.8) is 0 Å². The molecule has 0 amide bonds. The SMILES string of the molecule is Cc1ccc(Cc2nc3c(F)c(-c4ccccc4C(F)(F)F)c(F)cc3[nH]2)cc1. The Balaban J connectivity index is 1.83. The monoisotopic (exact) mass is 402 g/mol. The van der Waals surface area contributed by atoms with E-state index in [-0.39, 0.29) is 11.0 Å². The fraction of sp³-hybridized carbons (Fsp3) is 0.136. The Bertz CT molecular complexity index is 1190. The average Bonchev–Trinajstić information content (AvgIpc) is 3.06. The minimum absolute atomic E-state index is 0.0929. The number of alkyl halides is 3. The van der Waals surface area contributed by atoms with E-state index >= 15 is 4.39 Å². The van der Waals surface area contributed by atoms with Gasteiger partial charge in [-0.2, -0.15) is 13.2 Å². The van der Waals surface area contributed by atoms with Gasteiger partial charge in [0.2, 0.25) is 0 Å². The topological polar surface area (TPSA) is 28.7 Å². The zero-order valence-electron chi connectivity index (χ0n) is 15.2. The number of benzene rings is 3. The third-order valence-corrected chi connectivity index (χ3v) is 4.71. The van der Waals surface area contributed by atoms with Crippen LogP contribution in [0.25, 0.3) is 22.2 Å². The van der Waals surface area contributed by atoms with E-state index in [2.05, 4.69) is 9.97 Å². The largest absolute Gasteiger partial charge is 0.417 e. The van der Waals surface area contributed by atoms with Crippen LogP contribution in [-0.4, -0.2) is 9.97 Å². The second-order valence-electron chi connectivity index (χ2n) is 6.83. The van der Waals surface area contributed by atoms with Crippen molar-refractivity contribution in [3.8, 4) is 11.1 Å². The number of imidazole rings is 1. The molecule has 7 heteroatoms. The van der Waals surface area contributed by atoms with Crippen LogP contribution in [0.5, 0.6) is 0 Å². The molecular formula is C22H15F5N2. The minimum atomic E-state index is -4.74. The van der Waals surface area contributed by atoms with Crippen LogP contribution in [0.3, 0.4) is 0 Å². The molecule has 0 unspecified atom stereocenters. The van der Waals surface area contributed by atoms with Crippen LogP contribution < -0.4 is 0 Å². The first kappa shape index (κ1) is 19.1. The lowest BCUT2D eigenvalue weighted by molar-refractivity contribution is -0.137. The Morgan fingerprint density at radius 3 is 2.34 bits per heavy atom. The molecule has 1 N–H and O–H groups in total. The molecule has 4 rings (SSSR count). The van der Waals surface area contributed by atoms with Crippen molar-refractivity contribution < 1.29 is 22.0 Å². The lowest BCUT2D eigenvalue weighted by Gasteiger charge is -2.14. The van der Waals surface area contributed by atoms with Crippen molar-refractivity contribution in [2.75, 3.05) is 0 Å². The molecule has 1 aromatic heterocycles. The van der Waals surface area contributed by atoms with Gasteiger partial charge in [-0.25, -0.2) is 13.8 Å². The van der Waals surface area contributed by atoms with Gasteiger partial charge in [0, 0.05) is 12.5 Å². The lowest BCUT2D eigenvalue weighted by atomic mass is 9.97. The molecule has 0 atom stereocenters. The van der Waals surface area contributed by atoms with E-state index in [0.717, 1.165) is 29.3 Å². The van der Waals surface area contributed by atoms with E-state index in [9.17, 15) is 17.6 Å². The fourth-order valence-electron chi connectivity index (χ4n) is 3.31. The highest BCUT2D eigenvalue weighted by molar-refractivity contribution is 5.84. The maximum absolute atomic E-state index is 15.1. The van der Waals surface area contributed by atoms with Crippen molar-refractivity contribution in [2.45, 2.75) is 19.5 Å². The molecule has 0 aliphatic rings.